The quantitative estimate of drug-likeness (QED) is 0.599. The van der Waals surface area contributed by atoms with E-state index in [-0.39, 0.29) is 0 Å². The standard InChI is InChI=1S/C14H14N2/c1-11-7-8-14(13(15)9-11)16-10-12-5-3-2-4-6-12/h2-10H,15H2,1H3. The molecule has 0 spiro atoms. The van der Waals surface area contributed by atoms with Crippen molar-refractivity contribution in [2.45, 2.75) is 6.92 Å². The van der Waals surface area contributed by atoms with E-state index < -0.39 is 0 Å². The highest BCUT2D eigenvalue weighted by atomic mass is 14.8. The number of aliphatic imine (C=N–C) groups is 1. The van der Waals surface area contributed by atoms with Crippen LogP contribution in [0.4, 0.5) is 11.4 Å². The summed E-state index contributed by atoms with van der Waals surface area (Å²) in [5.41, 5.74) is 9.62. The van der Waals surface area contributed by atoms with Gasteiger partial charge in [-0.1, -0.05) is 36.4 Å². The molecule has 0 atom stereocenters. The van der Waals surface area contributed by atoms with Crippen LogP contribution in [0.1, 0.15) is 11.1 Å². The molecule has 2 nitrogen and oxygen atoms in total. The minimum absolute atomic E-state index is 0.715. The Morgan fingerprint density at radius 2 is 1.81 bits per heavy atom. The summed E-state index contributed by atoms with van der Waals surface area (Å²) >= 11 is 0. The third-order valence-corrected chi connectivity index (χ3v) is 2.34. The van der Waals surface area contributed by atoms with Gasteiger partial charge in [0, 0.05) is 6.21 Å². The topological polar surface area (TPSA) is 38.4 Å². The summed E-state index contributed by atoms with van der Waals surface area (Å²) in [6.45, 7) is 2.01. The Hall–Kier alpha value is -2.09. The van der Waals surface area contributed by atoms with Crippen LogP contribution in [0.3, 0.4) is 0 Å². The second-order valence-corrected chi connectivity index (χ2v) is 3.73. The highest BCUT2D eigenvalue weighted by molar-refractivity contribution is 5.83. The zero-order valence-electron chi connectivity index (χ0n) is 9.22. The third-order valence-electron chi connectivity index (χ3n) is 2.34. The van der Waals surface area contributed by atoms with Crippen LogP contribution in [-0.4, -0.2) is 6.21 Å². The Bertz CT molecular complexity index is 501. The van der Waals surface area contributed by atoms with E-state index in [1.165, 1.54) is 0 Å². The van der Waals surface area contributed by atoms with Crippen LogP contribution in [0.15, 0.2) is 53.5 Å². The Balaban J connectivity index is 2.24. The van der Waals surface area contributed by atoms with E-state index in [1.807, 2.05) is 61.7 Å². The van der Waals surface area contributed by atoms with Gasteiger partial charge in [0.2, 0.25) is 0 Å². The number of nitrogen functional groups attached to an aromatic ring is 1. The van der Waals surface area contributed by atoms with Crippen LogP contribution in [0.5, 0.6) is 0 Å². The van der Waals surface area contributed by atoms with Gasteiger partial charge in [0.25, 0.3) is 0 Å². The second-order valence-electron chi connectivity index (χ2n) is 3.73. The summed E-state index contributed by atoms with van der Waals surface area (Å²) in [5.74, 6) is 0. The van der Waals surface area contributed by atoms with Crippen molar-refractivity contribution in [3.63, 3.8) is 0 Å². The first-order chi connectivity index (χ1) is 7.75. The maximum atomic E-state index is 5.87. The second kappa shape index (κ2) is 4.62. The maximum Gasteiger partial charge on any atom is 0.0859 e. The van der Waals surface area contributed by atoms with Gasteiger partial charge >= 0.3 is 0 Å². The van der Waals surface area contributed by atoms with Crippen LogP contribution in [-0.2, 0) is 0 Å². The van der Waals surface area contributed by atoms with Crippen molar-refractivity contribution in [2.75, 3.05) is 5.73 Å². The molecule has 0 aliphatic carbocycles. The molecule has 0 heterocycles. The smallest absolute Gasteiger partial charge is 0.0859 e. The Morgan fingerprint density at radius 3 is 2.50 bits per heavy atom. The monoisotopic (exact) mass is 210 g/mol. The fraction of sp³-hybridized carbons (Fsp3) is 0.0714. The molecule has 0 fully saturated rings. The molecular weight excluding hydrogens is 196 g/mol. The van der Waals surface area contributed by atoms with Crippen molar-refractivity contribution in [1.82, 2.24) is 0 Å². The molecule has 0 aliphatic rings. The summed E-state index contributed by atoms with van der Waals surface area (Å²) in [7, 11) is 0. The molecule has 0 aromatic heterocycles. The van der Waals surface area contributed by atoms with Crippen molar-refractivity contribution in [3.05, 3.63) is 59.7 Å². The minimum Gasteiger partial charge on any atom is -0.397 e. The third kappa shape index (κ3) is 2.48. The zero-order chi connectivity index (χ0) is 11.4. The van der Waals surface area contributed by atoms with Crippen LogP contribution < -0.4 is 5.73 Å². The van der Waals surface area contributed by atoms with E-state index in [0.29, 0.717) is 5.69 Å². The normalized spacial score (nSPS) is 10.8. The maximum absolute atomic E-state index is 5.87. The molecule has 2 aromatic carbocycles. The summed E-state index contributed by atoms with van der Waals surface area (Å²) in [6, 6.07) is 15.8. The van der Waals surface area contributed by atoms with Crippen LogP contribution in [0.2, 0.25) is 0 Å². The van der Waals surface area contributed by atoms with E-state index >= 15 is 0 Å². The molecule has 0 unspecified atom stereocenters. The fourth-order valence-electron chi connectivity index (χ4n) is 1.47. The molecule has 2 aromatic rings. The van der Waals surface area contributed by atoms with Crippen LogP contribution >= 0.6 is 0 Å². The number of rotatable bonds is 2. The lowest BCUT2D eigenvalue weighted by molar-refractivity contribution is 1.44. The predicted molar refractivity (Wildman–Crippen MR) is 69.3 cm³/mol. The first-order valence-electron chi connectivity index (χ1n) is 5.21. The summed E-state index contributed by atoms with van der Waals surface area (Å²) < 4.78 is 0. The Morgan fingerprint density at radius 1 is 1.06 bits per heavy atom. The van der Waals surface area contributed by atoms with Gasteiger partial charge < -0.3 is 5.73 Å². The van der Waals surface area contributed by atoms with Crippen molar-refractivity contribution in [2.24, 2.45) is 4.99 Å². The molecule has 0 aliphatic heterocycles. The van der Waals surface area contributed by atoms with Crippen molar-refractivity contribution >= 4 is 17.6 Å². The highest BCUT2D eigenvalue weighted by Crippen LogP contribution is 2.22. The largest absolute Gasteiger partial charge is 0.397 e. The van der Waals surface area contributed by atoms with Gasteiger partial charge in [-0.05, 0) is 30.2 Å². The Kier molecular flexibility index (Phi) is 3.01. The van der Waals surface area contributed by atoms with Gasteiger partial charge in [-0.3, -0.25) is 4.99 Å². The average molecular weight is 210 g/mol. The zero-order valence-corrected chi connectivity index (χ0v) is 9.22. The van der Waals surface area contributed by atoms with E-state index in [0.717, 1.165) is 16.8 Å². The molecule has 0 radical (unpaired) electrons. The van der Waals surface area contributed by atoms with Crippen LogP contribution in [0, 0.1) is 6.92 Å². The summed E-state index contributed by atoms with van der Waals surface area (Å²) in [5, 5.41) is 0. The Labute approximate surface area is 95.5 Å². The first kappa shape index (κ1) is 10.4. The van der Waals surface area contributed by atoms with Gasteiger partial charge in [0.05, 0.1) is 11.4 Å². The molecule has 0 saturated carbocycles. The number of nitrogens with two attached hydrogens (primary N) is 1. The molecule has 0 saturated heterocycles. The lowest BCUT2D eigenvalue weighted by atomic mass is 10.2. The molecule has 0 amide bonds. The number of benzene rings is 2. The van der Waals surface area contributed by atoms with E-state index in [1.54, 1.807) is 0 Å². The number of hydrogen-bond acceptors (Lipinski definition) is 2. The molecule has 2 rings (SSSR count). The first-order valence-corrected chi connectivity index (χ1v) is 5.21. The molecule has 16 heavy (non-hydrogen) atoms. The highest BCUT2D eigenvalue weighted by Gasteiger charge is 1.95. The van der Waals surface area contributed by atoms with E-state index in [2.05, 4.69) is 4.99 Å². The predicted octanol–water partition coefficient (Wildman–Crippen LogP) is 3.33. The van der Waals surface area contributed by atoms with Gasteiger partial charge in [-0.25, -0.2) is 0 Å². The molecule has 2 heteroatoms. The molecule has 0 bridgehead atoms. The van der Waals surface area contributed by atoms with Gasteiger partial charge in [0.15, 0.2) is 0 Å². The van der Waals surface area contributed by atoms with E-state index in [9.17, 15) is 0 Å². The molecule has 80 valence electrons. The number of aryl methyl sites for hydroxylation is 1. The van der Waals surface area contributed by atoms with Gasteiger partial charge in [-0.2, -0.15) is 0 Å². The number of anilines is 1. The molecule has 2 N–H and O–H groups in total. The van der Waals surface area contributed by atoms with Crippen LogP contribution in [0.25, 0.3) is 0 Å². The number of hydrogen-bond donors (Lipinski definition) is 1. The van der Waals surface area contributed by atoms with Gasteiger partial charge in [0.1, 0.15) is 0 Å². The average Bonchev–Trinajstić information content (AvgIpc) is 2.29. The van der Waals surface area contributed by atoms with Crippen molar-refractivity contribution in [3.8, 4) is 0 Å². The van der Waals surface area contributed by atoms with Gasteiger partial charge in [-0.15, -0.1) is 0 Å². The minimum atomic E-state index is 0.715. The SMILES string of the molecule is Cc1ccc(N=Cc2ccccc2)c(N)c1. The number of nitrogens with zero attached hydrogens (tertiary/aromatic N) is 1. The summed E-state index contributed by atoms with van der Waals surface area (Å²) in [4.78, 5) is 4.37. The lowest BCUT2D eigenvalue weighted by Gasteiger charge is -2.00. The van der Waals surface area contributed by atoms with Crippen molar-refractivity contribution in [1.29, 1.82) is 0 Å². The lowest BCUT2D eigenvalue weighted by Crippen LogP contribution is -1.87. The summed E-state index contributed by atoms with van der Waals surface area (Å²) in [6.07, 6.45) is 1.82. The molecular formula is C14H14N2. The van der Waals surface area contributed by atoms with E-state index in [4.69, 9.17) is 5.73 Å². The fourth-order valence-corrected chi connectivity index (χ4v) is 1.47. The van der Waals surface area contributed by atoms with Crippen molar-refractivity contribution < 1.29 is 0 Å².